The minimum Gasteiger partial charge on any atom is -0.487 e. The van der Waals surface area contributed by atoms with Crippen molar-refractivity contribution < 1.29 is 19.4 Å². The molecule has 0 aliphatic heterocycles. The number of aryl methyl sites for hydroxylation is 1. The average molecular weight is 588 g/mol. The Bertz CT molecular complexity index is 1550. The number of amides is 1. The molecule has 0 unspecified atom stereocenters. The predicted molar refractivity (Wildman–Crippen MR) is 169 cm³/mol. The lowest BCUT2D eigenvalue weighted by atomic mass is 10.0. The Morgan fingerprint density at radius 2 is 1.71 bits per heavy atom. The van der Waals surface area contributed by atoms with Gasteiger partial charge >= 0.3 is 5.97 Å². The highest BCUT2D eigenvalue weighted by molar-refractivity contribution is 8.00. The molecule has 2 aromatic carbocycles. The van der Waals surface area contributed by atoms with Crippen LogP contribution in [-0.2, 0) is 17.9 Å². The van der Waals surface area contributed by atoms with Crippen molar-refractivity contribution >= 4 is 34.5 Å². The summed E-state index contributed by atoms with van der Waals surface area (Å²) in [5.41, 5.74) is 3.89. The number of carboxylic acids is 1. The highest BCUT2D eigenvalue weighted by Crippen LogP contribution is 2.43. The molecule has 0 bridgehead atoms. The van der Waals surface area contributed by atoms with Crippen molar-refractivity contribution in [3.05, 3.63) is 89.4 Å². The molecule has 0 fully saturated rings. The van der Waals surface area contributed by atoms with Crippen LogP contribution in [0.2, 0.25) is 0 Å². The maximum absolute atomic E-state index is 14.6. The van der Waals surface area contributed by atoms with Gasteiger partial charge in [-0.2, -0.15) is 0 Å². The van der Waals surface area contributed by atoms with Crippen LogP contribution in [-0.4, -0.2) is 48.3 Å². The second kappa shape index (κ2) is 12.6. The number of fused-ring (bicyclic) bond motifs is 1. The van der Waals surface area contributed by atoms with Crippen LogP contribution >= 0.6 is 11.8 Å². The predicted octanol–water partition coefficient (Wildman–Crippen LogP) is 7.58. The van der Waals surface area contributed by atoms with Crippen LogP contribution in [0.5, 0.6) is 5.75 Å². The largest absolute Gasteiger partial charge is 0.487 e. The number of benzene rings is 2. The molecule has 4 aromatic rings. The fraction of sp³-hybridized carbons (Fsp3) is 0.382. The maximum atomic E-state index is 14.6. The first kappa shape index (κ1) is 31.2. The molecule has 2 aromatic heterocycles. The molecule has 0 saturated heterocycles. The molecule has 1 N–H and O–H groups in total. The molecule has 42 heavy (non-hydrogen) atoms. The zero-order valence-corrected chi connectivity index (χ0v) is 26.4. The topological polar surface area (TPSA) is 84.7 Å². The molecule has 2 heterocycles. The molecule has 8 heteroatoms. The van der Waals surface area contributed by atoms with Gasteiger partial charge in [-0.25, -0.2) is 0 Å². The fourth-order valence-corrected chi connectivity index (χ4v) is 5.94. The number of rotatable bonds is 10. The highest BCUT2D eigenvalue weighted by atomic mass is 32.2. The summed E-state index contributed by atoms with van der Waals surface area (Å²) < 4.78 is 8.06. The number of nitrogens with zero attached hydrogens (tertiary/aromatic N) is 3. The first-order valence-electron chi connectivity index (χ1n) is 14.2. The van der Waals surface area contributed by atoms with E-state index in [4.69, 9.17) is 4.74 Å². The standard InChI is InChI=1S/C34H41N3O4S/c1-23-13-14-25(35-20-23)22-41-26-15-16-28-27(19-26)31(42-34(5,6)7)30(36(28)21-24-11-9-8-10-12-24)32(40)37(33(2,3)4)18-17-29(38)39/h8-16,19-20H,17-18,21-22H2,1-7H3,(H,38,39). The molecule has 0 saturated carbocycles. The number of thioether (sulfide) groups is 1. The molecule has 0 aliphatic rings. The van der Waals surface area contributed by atoms with Crippen molar-refractivity contribution in [2.24, 2.45) is 0 Å². The smallest absolute Gasteiger partial charge is 0.305 e. The van der Waals surface area contributed by atoms with E-state index >= 15 is 0 Å². The zero-order chi connectivity index (χ0) is 30.7. The molecular weight excluding hydrogens is 546 g/mol. The van der Waals surface area contributed by atoms with Crippen LogP contribution in [0, 0.1) is 6.92 Å². The Kier molecular flexibility index (Phi) is 9.36. The normalized spacial score (nSPS) is 12.0. The van der Waals surface area contributed by atoms with E-state index in [1.54, 1.807) is 16.7 Å². The Labute approximate surface area is 252 Å². The summed E-state index contributed by atoms with van der Waals surface area (Å²) >= 11 is 1.64. The third kappa shape index (κ3) is 7.73. The van der Waals surface area contributed by atoms with Gasteiger partial charge in [0.2, 0.25) is 0 Å². The molecule has 222 valence electrons. The van der Waals surface area contributed by atoms with Crippen molar-refractivity contribution in [2.75, 3.05) is 6.54 Å². The molecule has 0 radical (unpaired) electrons. The van der Waals surface area contributed by atoms with Crippen molar-refractivity contribution in [1.29, 1.82) is 0 Å². The van der Waals surface area contributed by atoms with Gasteiger partial charge in [0.15, 0.2) is 0 Å². The molecule has 0 spiro atoms. The summed E-state index contributed by atoms with van der Waals surface area (Å²) in [6.07, 6.45) is 1.70. The van der Waals surface area contributed by atoms with Gasteiger partial charge in [-0.3, -0.25) is 14.6 Å². The third-order valence-corrected chi connectivity index (χ3v) is 7.98. The molecule has 0 aliphatic carbocycles. The summed E-state index contributed by atoms with van der Waals surface area (Å²) in [6, 6.07) is 20.0. The minimum atomic E-state index is -0.934. The monoisotopic (exact) mass is 587 g/mol. The molecule has 4 rings (SSSR count). The lowest BCUT2D eigenvalue weighted by Gasteiger charge is -2.36. The van der Waals surface area contributed by atoms with E-state index in [2.05, 4.69) is 42.5 Å². The minimum absolute atomic E-state index is 0.113. The van der Waals surface area contributed by atoms with E-state index in [-0.39, 0.29) is 23.6 Å². The molecule has 7 nitrogen and oxygen atoms in total. The van der Waals surface area contributed by atoms with Gasteiger partial charge in [0.25, 0.3) is 5.91 Å². The van der Waals surface area contributed by atoms with Gasteiger partial charge in [0.05, 0.1) is 17.6 Å². The van der Waals surface area contributed by atoms with Crippen LogP contribution in [0.15, 0.2) is 71.8 Å². The van der Waals surface area contributed by atoms with Gasteiger partial charge in [-0.05, 0) is 63.1 Å². The Hall–Kier alpha value is -3.78. The zero-order valence-electron chi connectivity index (χ0n) is 25.6. The quantitative estimate of drug-likeness (QED) is 0.193. The Balaban J connectivity index is 1.89. The average Bonchev–Trinajstić information content (AvgIpc) is 3.18. The van der Waals surface area contributed by atoms with Crippen molar-refractivity contribution in [1.82, 2.24) is 14.5 Å². The number of aliphatic carboxylic acids is 1. The van der Waals surface area contributed by atoms with Gasteiger partial charge in [-0.15, -0.1) is 11.8 Å². The second-order valence-electron chi connectivity index (χ2n) is 12.5. The molecule has 0 atom stereocenters. The van der Waals surface area contributed by atoms with E-state index in [0.29, 0.717) is 24.6 Å². The number of carboxylic acid groups (broad SMARTS) is 1. The SMILES string of the molecule is Cc1ccc(COc2ccc3c(c2)c(SC(C)(C)C)c(C(=O)N(CCC(=O)O)C(C)(C)C)n3Cc2ccccc2)nc1. The Morgan fingerprint density at radius 1 is 1.00 bits per heavy atom. The number of aromatic nitrogens is 2. The van der Waals surface area contributed by atoms with E-state index in [1.165, 1.54) is 0 Å². The van der Waals surface area contributed by atoms with Crippen LogP contribution in [0.4, 0.5) is 0 Å². The van der Waals surface area contributed by atoms with Gasteiger partial charge in [0.1, 0.15) is 18.1 Å². The van der Waals surface area contributed by atoms with Crippen LogP contribution in [0.25, 0.3) is 10.9 Å². The number of carbonyl (C=O) groups excluding carboxylic acids is 1. The summed E-state index contributed by atoms with van der Waals surface area (Å²) in [5.74, 6) is -0.431. The molecule has 1 amide bonds. The third-order valence-electron chi connectivity index (χ3n) is 6.75. The number of hydrogen-bond acceptors (Lipinski definition) is 5. The number of ether oxygens (including phenoxy) is 1. The summed E-state index contributed by atoms with van der Waals surface area (Å²) in [7, 11) is 0. The van der Waals surface area contributed by atoms with Gasteiger partial charge in [-0.1, -0.05) is 57.2 Å². The van der Waals surface area contributed by atoms with E-state index < -0.39 is 11.5 Å². The van der Waals surface area contributed by atoms with E-state index in [9.17, 15) is 14.7 Å². The first-order valence-corrected chi connectivity index (χ1v) is 15.0. The number of pyridine rings is 1. The summed E-state index contributed by atoms with van der Waals surface area (Å²) in [6.45, 7) is 15.1. The van der Waals surface area contributed by atoms with Crippen LogP contribution in [0.1, 0.15) is 75.3 Å². The summed E-state index contributed by atoms with van der Waals surface area (Å²) in [5, 5.41) is 10.4. The first-order chi connectivity index (χ1) is 19.7. The molecular formula is C34H41N3O4S. The van der Waals surface area contributed by atoms with Crippen molar-refractivity contribution in [3.63, 3.8) is 0 Å². The maximum Gasteiger partial charge on any atom is 0.305 e. The van der Waals surface area contributed by atoms with Crippen molar-refractivity contribution in [3.8, 4) is 5.75 Å². The summed E-state index contributed by atoms with van der Waals surface area (Å²) in [4.78, 5) is 33.1. The van der Waals surface area contributed by atoms with E-state index in [1.807, 2.05) is 82.4 Å². The van der Waals surface area contributed by atoms with Crippen LogP contribution < -0.4 is 4.74 Å². The Morgan fingerprint density at radius 3 is 2.31 bits per heavy atom. The number of hydrogen-bond donors (Lipinski definition) is 1. The fourth-order valence-electron chi connectivity index (χ4n) is 4.76. The van der Waals surface area contributed by atoms with Gasteiger partial charge < -0.3 is 19.3 Å². The van der Waals surface area contributed by atoms with Crippen molar-refractivity contribution in [2.45, 2.75) is 83.2 Å². The lowest BCUT2D eigenvalue weighted by Crippen LogP contribution is -2.47. The number of carbonyl (C=O) groups is 2. The lowest BCUT2D eigenvalue weighted by molar-refractivity contribution is -0.137. The second-order valence-corrected chi connectivity index (χ2v) is 14.4. The van der Waals surface area contributed by atoms with Crippen LogP contribution in [0.3, 0.4) is 0 Å². The van der Waals surface area contributed by atoms with E-state index in [0.717, 1.165) is 32.6 Å². The van der Waals surface area contributed by atoms with Gasteiger partial charge in [0, 0.05) is 39.9 Å². The highest BCUT2D eigenvalue weighted by Gasteiger charge is 2.34.